The number of hydroxylamine groups is 1. The van der Waals surface area contributed by atoms with Crippen LogP contribution in [-0.2, 0) is 0 Å². The highest BCUT2D eigenvalue weighted by Gasteiger charge is 2.09. The van der Waals surface area contributed by atoms with Crippen LogP contribution in [0.4, 0.5) is 0 Å². The summed E-state index contributed by atoms with van der Waals surface area (Å²) in [6.07, 6.45) is 1.28. The molecule has 0 aliphatic rings. The van der Waals surface area contributed by atoms with Gasteiger partial charge in [0.05, 0.1) is 6.21 Å². The van der Waals surface area contributed by atoms with E-state index in [-0.39, 0.29) is 22.6 Å². The minimum Gasteiger partial charge on any atom is -0.504 e. The van der Waals surface area contributed by atoms with Crippen molar-refractivity contribution >= 4 is 18.0 Å². The third kappa shape index (κ3) is 4.05. The molecule has 2 rings (SSSR count). The van der Waals surface area contributed by atoms with Crippen LogP contribution in [0, 0.1) is 0 Å². The van der Waals surface area contributed by atoms with Crippen LogP contribution in [0.2, 0.25) is 0 Å². The van der Waals surface area contributed by atoms with Crippen LogP contribution < -0.4 is 10.9 Å². The molecule has 0 radical (unpaired) electrons. The second kappa shape index (κ2) is 7.05. The third-order valence-corrected chi connectivity index (χ3v) is 2.87. The molecule has 2 amide bonds. The Morgan fingerprint density at radius 3 is 2.30 bits per heavy atom. The molecule has 8 heteroatoms. The summed E-state index contributed by atoms with van der Waals surface area (Å²) in [7, 11) is 0. The molecule has 118 valence electrons. The molecule has 0 saturated heterocycles. The van der Waals surface area contributed by atoms with Gasteiger partial charge in [-0.05, 0) is 42.0 Å². The van der Waals surface area contributed by atoms with Gasteiger partial charge in [-0.3, -0.25) is 14.8 Å². The summed E-state index contributed by atoms with van der Waals surface area (Å²) in [5.74, 6) is -1.85. The van der Waals surface area contributed by atoms with Crippen molar-refractivity contribution in [3.05, 3.63) is 59.2 Å². The summed E-state index contributed by atoms with van der Waals surface area (Å²) in [5.41, 5.74) is 4.50. The number of nitrogens with zero attached hydrogens (tertiary/aromatic N) is 1. The van der Waals surface area contributed by atoms with Crippen LogP contribution in [0.25, 0.3) is 0 Å². The molecular weight excluding hydrogens is 302 g/mol. The molecule has 0 aliphatic heterocycles. The van der Waals surface area contributed by atoms with Crippen molar-refractivity contribution in [1.29, 1.82) is 0 Å². The predicted octanol–water partition coefficient (Wildman–Crippen LogP) is 0.981. The first-order chi connectivity index (χ1) is 11.0. The van der Waals surface area contributed by atoms with Gasteiger partial charge in [-0.2, -0.15) is 5.10 Å². The van der Waals surface area contributed by atoms with E-state index in [0.717, 1.165) is 0 Å². The summed E-state index contributed by atoms with van der Waals surface area (Å²) < 4.78 is 0. The van der Waals surface area contributed by atoms with Crippen LogP contribution in [0.15, 0.2) is 47.6 Å². The predicted molar refractivity (Wildman–Crippen MR) is 80.5 cm³/mol. The van der Waals surface area contributed by atoms with E-state index in [9.17, 15) is 19.8 Å². The fourth-order valence-corrected chi connectivity index (χ4v) is 1.72. The Bertz CT molecular complexity index is 773. The standard InChI is InChI=1S/C15H13N3O5/c19-12-5-4-9(6-13(12)20)8-16-17-14(21)10-2-1-3-11(7-10)15(22)18-23/h1-8,19-20,23H,(H,17,21)(H,18,22)/b16-8+. The molecule has 23 heavy (non-hydrogen) atoms. The van der Waals surface area contributed by atoms with Crippen LogP contribution in [0.3, 0.4) is 0 Å². The highest BCUT2D eigenvalue weighted by atomic mass is 16.5. The number of phenolic OH excluding ortho intramolecular Hbond substituents is 2. The zero-order valence-electron chi connectivity index (χ0n) is 11.7. The van der Waals surface area contributed by atoms with E-state index < -0.39 is 11.8 Å². The second-order valence-corrected chi connectivity index (χ2v) is 4.47. The third-order valence-electron chi connectivity index (χ3n) is 2.87. The fourth-order valence-electron chi connectivity index (χ4n) is 1.72. The Labute approximate surface area is 130 Å². The Morgan fingerprint density at radius 2 is 1.65 bits per heavy atom. The lowest BCUT2D eigenvalue weighted by atomic mass is 10.1. The van der Waals surface area contributed by atoms with Crippen molar-refractivity contribution in [3.8, 4) is 11.5 Å². The Hall–Kier alpha value is -3.39. The smallest absolute Gasteiger partial charge is 0.274 e. The van der Waals surface area contributed by atoms with Crippen LogP contribution in [0.5, 0.6) is 11.5 Å². The van der Waals surface area contributed by atoms with Crippen molar-refractivity contribution in [2.24, 2.45) is 5.10 Å². The molecular formula is C15H13N3O5. The monoisotopic (exact) mass is 315 g/mol. The fraction of sp³-hybridized carbons (Fsp3) is 0. The maximum Gasteiger partial charge on any atom is 0.274 e. The molecule has 5 N–H and O–H groups in total. The Morgan fingerprint density at radius 1 is 0.957 bits per heavy atom. The minimum absolute atomic E-state index is 0.118. The van der Waals surface area contributed by atoms with Crippen molar-refractivity contribution in [2.75, 3.05) is 0 Å². The van der Waals surface area contributed by atoms with E-state index in [2.05, 4.69) is 10.5 Å². The largest absolute Gasteiger partial charge is 0.504 e. The molecule has 2 aromatic rings. The van der Waals surface area contributed by atoms with E-state index in [1.807, 2.05) is 0 Å². The first-order valence-electron chi connectivity index (χ1n) is 6.41. The maximum atomic E-state index is 11.9. The van der Waals surface area contributed by atoms with E-state index in [4.69, 9.17) is 5.21 Å². The van der Waals surface area contributed by atoms with Gasteiger partial charge in [0.1, 0.15) is 0 Å². The van der Waals surface area contributed by atoms with Gasteiger partial charge in [-0.25, -0.2) is 10.9 Å². The van der Waals surface area contributed by atoms with Crippen LogP contribution in [-0.4, -0.2) is 33.4 Å². The molecule has 0 fully saturated rings. The maximum absolute atomic E-state index is 11.9. The van der Waals surface area contributed by atoms with Crippen LogP contribution in [0.1, 0.15) is 26.3 Å². The Balaban J connectivity index is 2.05. The summed E-state index contributed by atoms with van der Waals surface area (Å²) >= 11 is 0. The number of hydrazone groups is 1. The lowest BCUT2D eigenvalue weighted by Crippen LogP contribution is -2.21. The average molecular weight is 315 g/mol. The molecule has 2 aromatic carbocycles. The molecule has 0 aromatic heterocycles. The number of phenols is 2. The summed E-state index contributed by atoms with van der Waals surface area (Å²) in [6, 6.07) is 9.75. The molecule has 0 saturated carbocycles. The van der Waals surface area contributed by atoms with Gasteiger partial charge < -0.3 is 10.2 Å². The number of benzene rings is 2. The van der Waals surface area contributed by atoms with E-state index in [0.29, 0.717) is 5.56 Å². The number of rotatable bonds is 4. The summed E-state index contributed by atoms with van der Waals surface area (Å²) in [6.45, 7) is 0. The summed E-state index contributed by atoms with van der Waals surface area (Å²) in [4.78, 5) is 23.2. The molecule has 0 spiro atoms. The van der Waals surface area contributed by atoms with Gasteiger partial charge in [-0.15, -0.1) is 0 Å². The lowest BCUT2D eigenvalue weighted by molar-refractivity contribution is 0.0706. The molecule has 0 aliphatic carbocycles. The summed E-state index contributed by atoms with van der Waals surface area (Å²) in [5, 5.41) is 30.8. The van der Waals surface area contributed by atoms with E-state index >= 15 is 0 Å². The van der Waals surface area contributed by atoms with Crippen molar-refractivity contribution < 1.29 is 25.0 Å². The van der Waals surface area contributed by atoms with Gasteiger partial charge in [0.15, 0.2) is 11.5 Å². The minimum atomic E-state index is -0.734. The Kier molecular flexibility index (Phi) is 4.90. The number of nitrogens with one attached hydrogen (secondary N) is 2. The number of hydrogen-bond donors (Lipinski definition) is 5. The molecule has 0 bridgehead atoms. The molecule has 0 unspecified atom stereocenters. The number of amides is 2. The van der Waals surface area contributed by atoms with E-state index in [1.165, 1.54) is 54.2 Å². The molecule has 8 nitrogen and oxygen atoms in total. The zero-order chi connectivity index (χ0) is 16.8. The topological polar surface area (TPSA) is 131 Å². The van der Waals surface area contributed by atoms with E-state index in [1.54, 1.807) is 0 Å². The average Bonchev–Trinajstić information content (AvgIpc) is 2.57. The second-order valence-electron chi connectivity index (χ2n) is 4.47. The first-order valence-corrected chi connectivity index (χ1v) is 6.41. The highest BCUT2D eigenvalue weighted by Crippen LogP contribution is 2.23. The van der Waals surface area contributed by atoms with Gasteiger partial charge in [0.2, 0.25) is 0 Å². The molecule has 0 atom stereocenters. The van der Waals surface area contributed by atoms with Crippen LogP contribution >= 0.6 is 0 Å². The van der Waals surface area contributed by atoms with Crippen molar-refractivity contribution in [2.45, 2.75) is 0 Å². The first kappa shape index (κ1) is 16.0. The van der Waals surface area contributed by atoms with Gasteiger partial charge in [-0.1, -0.05) is 6.07 Å². The number of aromatic hydroxyl groups is 2. The van der Waals surface area contributed by atoms with Gasteiger partial charge in [0.25, 0.3) is 11.8 Å². The highest BCUT2D eigenvalue weighted by molar-refractivity contribution is 5.99. The van der Waals surface area contributed by atoms with Gasteiger partial charge >= 0.3 is 0 Å². The van der Waals surface area contributed by atoms with Gasteiger partial charge in [0, 0.05) is 11.1 Å². The number of carbonyl (C=O) groups is 2. The lowest BCUT2D eigenvalue weighted by Gasteiger charge is -2.03. The quantitative estimate of drug-likeness (QED) is 0.248. The zero-order valence-corrected chi connectivity index (χ0v) is 11.7. The number of carbonyl (C=O) groups excluding carboxylic acids is 2. The number of hydrogen-bond acceptors (Lipinski definition) is 6. The SMILES string of the molecule is O=C(NO)c1cccc(C(=O)N/N=C/c2ccc(O)c(O)c2)c1. The molecule has 0 heterocycles. The van der Waals surface area contributed by atoms with Crippen molar-refractivity contribution in [3.63, 3.8) is 0 Å². The van der Waals surface area contributed by atoms with Crippen molar-refractivity contribution in [1.82, 2.24) is 10.9 Å². The normalized spacial score (nSPS) is 10.5.